The Bertz CT molecular complexity index is 1420. The molecule has 10 heteroatoms. The normalized spacial score (nSPS) is 17.6. The molecule has 192 valence electrons. The number of benzene rings is 2. The minimum absolute atomic E-state index is 0.00704. The quantitative estimate of drug-likeness (QED) is 0.373. The zero-order chi connectivity index (χ0) is 27.2. The van der Waals surface area contributed by atoms with Crippen LogP contribution in [0.1, 0.15) is 77.1 Å². The predicted molar refractivity (Wildman–Crippen MR) is 126 cm³/mol. The molecule has 0 bridgehead atoms. The zero-order valence-electron chi connectivity index (χ0n) is 20.9. The number of hydrogen-bond acceptors (Lipinski definition) is 10. The van der Waals surface area contributed by atoms with Gasteiger partial charge in [-0.05, 0) is 25.8 Å². The Kier molecular flexibility index (Phi) is 6.45. The van der Waals surface area contributed by atoms with Gasteiger partial charge in [0.2, 0.25) is 5.78 Å². The van der Waals surface area contributed by atoms with Crippen molar-refractivity contribution in [1.82, 2.24) is 0 Å². The molecule has 1 atom stereocenters. The van der Waals surface area contributed by atoms with E-state index in [1.54, 1.807) is 0 Å². The average molecular weight is 508 g/mol. The number of Topliss-reactive ketones (excluding diaryl/α,β-unsaturated/α-hetero) is 1. The Morgan fingerprint density at radius 2 is 1.38 bits per heavy atom. The summed E-state index contributed by atoms with van der Waals surface area (Å²) in [5.41, 5.74) is -1.66. The number of carbonyl (C=O) groups is 6. The van der Waals surface area contributed by atoms with Gasteiger partial charge in [-0.25, -0.2) is 0 Å². The maximum atomic E-state index is 13.9. The molecule has 4 rings (SSSR count). The molecule has 37 heavy (non-hydrogen) atoms. The topological polar surface area (TPSA) is 139 Å². The molecule has 0 aliphatic heterocycles. The smallest absolute Gasteiger partial charge is 0.308 e. The fraction of sp³-hybridized carbons (Fsp3) is 0.333. The summed E-state index contributed by atoms with van der Waals surface area (Å²) in [7, 11) is 1.35. The molecule has 2 aliphatic rings. The molecule has 0 saturated heterocycles. The summed E-state index contributed by atoms with van der Waals surface area (Å²) in [6.07, 6.45) is -0.218. The minimum Gasteiger partial charge on any atom is -0.496 e. The molecule has 0 saturated carbocycles. The van der Waals surface area contributed by atoms with Crippen molar-refractivity contribution >= 4 is 35.3 Å². The highest BCUT2D eigenvalue weighted by Gasteiger charge is 2.48. The van der Waals surface area contributed by atoms with E-state index in [1.807, 2.05) is 0 Å². The zero-order valence-corrected chi connectivity index (χ0v) is 20.9. The summed E-state index contributed by atoms with van der Waals surface area (Å²) in [4.78, 5) is 76.6. The highest BCUT2D eigenvalue weighted by atomic mass is 16.6. The van der Waals surface area contributed by atoms with Crippen LogP contribution in [0.2, 0.25) is 0 Å². The van der Waals surface area contributed by atoms with Gasteiger partial charge >= 0.3 is 17.9 Å². The van der Waals surface area contributed by atoms with Gasteiger partial charge in [0.1, 0.15) is 17.2 Å². The number of fused-ring (bicyclic) bond motifs is 3. The van der Waals surface area contributed by atoms with Crippen molar-refractivity contribution in [2.45, 2.75) is 52.6 Å². The molecule has 10 nitrogen and oxygen atoms in total. The number of rotatable bonds is 5. The summed E-state index contributed by atoms with van der Waals surface area (Å²) >= 11 is 0. The lowest BCUT2D eigenvalue weighted by atomic mass is 9.73. The first-order valence-corrected chi connectivity index (χ1v) is 11.5. The van der Waals surface area contributed by atoms with Gasteiger partial charge < -0.3 is 18.9 Å². The summed E-state index contributed by atoms with van der Waals surface area (Å²) in [5, 5.41) is 0. The van der Waals surface area contributed by atoms with Crippen molar-refractivity contribution in [1.29, 1.82) is 0 Å². The van der Waals surface area contributed by atoms with E-state index < -0.39 is 40.9 Å². The van der Waals surface area contributed by atoms with Crippen LogP contribution in [0.3, 0.4) is 0 Å². The van der Waals surface area contributed by atoms with Gasteiger partial charge in [-0.3, -0.25) is 28.8 Å². The monoisotopic (exact) mass is 508 g/mol. The standard InChI is InChI=1S/C27H24O10/c1-12(28)27(37-15(4)31)10-9-16-18(11-27)26(36-14(3)30)21-22(25(16)35-13(2)29)24(33)20-17(23(21)32)7-6-8-19(20)34-5/h6-8H,9-11H2,1-5H3. The molecule has 2 aromatic rings. The summed E-state index contributed by atoms with van der Waals surface area (Å²) in [6, 6.07) is 4.49. The number of carbonyl (C=O) groups excluding carboxylic acids is 6. The Hall–Kier alpha value is -4.34. The highest BCUT2D eigenvalue weighted by molar-refractivity contribution is 6.31. The van der Waals surface area contributed by atoms with Crippen LogP contribution in [0.15, 0.2) is 18.2 Å². The molecular weight excluding hydrogens is 484 g/mol. The van der Waals surface area contributed by atoms with Crippen LogP contribution in [0.25, 0.3) is 0 Å². The molecule has 1 unspecified atom stereocenters. The maximum Gasteiger partial charge on any atom is 0.308 e. The van der Waals surface area contributed by atoms with E-state index in [0.29, 0.717) is 5.56 Å². The third-order valence-electron chi connectivity index (χ3n) is 6.50. The molecule has 2 aromatic carbocycles. The highest BCUT2D eigenvalue weighted by Crippen LogP contribution is 2.49. The van der Waals surface area contributed by atoms with Crippen molar-refractivity contribution in [3.63, 3.8) is 0 Å². The Labute approximate surface area is 211 Å². The predicted octanol–water partition coefficient (Wildman–Crippen LogP) is 2.70. The second-order valence-corrected chi connectivity index (χ2v) is 8.91. The van der Waals surface area contributed by atoms with E-state index in [1.165, 1.54) is 32.2 Å². The largest absolute Gasteiger partial charge is 0.496 e. The van der Waals surface area contributed by atoms with Crippen molar-refractivity contribution in [2.24, 2.45) is 0 Å². The molecule has 0 radical (unpaired) electrons. The Morgan fingerprint density at radius 3 is 1.92 bits per heavy atom. The molecule has 0 heterocycles. The number of ketones is 3. The minimum atomic E-state index is -1.60. The fourth-order valence-electron chi connectivity index (χ4n) is 5.02. The number of esters is 3. The first kappa shape index (κ1) is 25.7. The average Bonchev–Trinajstić information content (AvgIpc) is 2.82. The first-order valence-electron chi connectivity index (χ1n) is 11.5. The van der Waals surface area contributed by atoms with Gasteiger partial charge in [0.05, 0.1) is 23.8 Å². The van der Waals surface area contributed by atoms with Crippen LogP contribution in [0.4, 0.5) is 0 Å². The fourth-order valence-corrected chi connectivity index (χ4v) is 5.02. The van der Waals surface area contributed by atoms with Crippen LogP contribution < -0.4 is 14.2 Å². The molecule has 0 fully saturated rings. The van der Waals surface area contributed by atoms with Crippen molar-refractivity contribution < 1.29 is 47.7 Å². The number of methoxy groups -OCH3 is 1. The summed E-state index contributed by atoms with van der Waals surface area (Å²) < 4.78 is 21.8. The number of ether oxygens (including phenoxy) is 4. The third-order valence-corrected chi connectivity index (χ3v) is 6.50. The van der Waals surface area contributed by atoms with Crippen LogP contribution in [0.5, 0.6) is 17.2 Å². The van der Waals surface area contributed by atoms with Gasteiger partial charge in [-0.1, -0.05) is 12.1 Å². The van der Waals surface area contributed by atoms with Crippen LogP contribution in [-0.4, -0.2) is 48.0 Å². The number of hydrogen-bond donors (Lipinski definition) is 0. The molecular formula is C27H24O10. The van der Waals surface area contributed by atoms with Gasteiger partial charge in [0.15, 0.2) is 17.2 Å². The second-order valence-electron chi connectivity index (χ2n) is 8.91. The van der Waals surface area contributed by atoms with Crippen LogP contribution in [-0.2, 0) is 36.8 Å². The summed E-state index contributed by atoms with van der Waals surface area (Å²) in [6.45, 7) is 4.70. The van der Waals surface area contributed by atoms with Crippen molar-refractivity contribution in [3.8, 4) is 17.2 Å². The first-order chi connectivity index (χ1) is 17.4. The van der Waals surface area contributed by atoms with Gasteiger partial charge in [0, 0.05) is 43.9 Å². The van der Waals surface area contributed by atoms with Gasteiger partial charge in [-0.2, -0.15) is 0 Å². The molecule has 0 amide bonds. The van der Waals surface area contributed by atoms with Crippen LogP contribution in [0, 0.1) is 0 Å². The van der Waals surface area contributed by atoms with E-state index in [-0.39, 0.29) is 64.3 Å². The molecule has 2 aliphatic carbocycles. The lowest BCUT2D eigenvalue weighted by molar-refractivity contribution is -0.166. The molecule has 0 spiro atoms. The van der Waals surface area contributed by atoms with E-state index >= 15 is 0 Å². The van der Waals surface area contributed by atoms with E-state index in [9.17, 15) is 28.8 Å². The SMILES string of the molecule is COc1cccc2c1C(=O)c1c(OC(C)=O)c3c(c(OC(C)=O)c1C2=O)CC(OC(C)=O)(C(C)=O)CC3. The second kappa shape index (κ2) is 9.27. The summed E-state index contributed by atoms with van der Waals surface area (Å²) in [5.74, 6) is -4.26. The maximum absolute atomic E-state index is 13.9. The van der Waals surface area contributed by atoms with Crippen LogP contribution >= 0.6 is 0 Å². The lowest BCUT2D eigenvalue weighted by Crippen LogP contribution is -2.47. The van der Waals surface area contributed by atoms with Crippen molar-refractivity contribution in [3.05, 3.63) is 51.6 Å². The molecule has 0 N–H and O–H groups in total. The van der Waals surface area contributed by atoms with E-state index in [2.05, 4.69) is 0 Å². The Morgan fingerprint density at radius 1 is 0.784 bits per heavy atom. The Balaban J connectivity index is 2.11. The molecule has 0 aromatic heterocycles. The van der Waals surface area contributed by atoms with E-state index in [4.69, 9.17) is 18.9 Å². The third kappa shape index (κ3) is 4.18. The van der Waals surface area contributed by atoms with E-state index in [0.717, 1.165) is 20.8 Å². The van der Waals surface area contributed by atoms with Gasteiger partial charge in [0.25, 0.3) is 0 Å². The van der Waals surface area contributed by atoms with Crippen molar-refractivity contribution in [2.75, 3.05) is 7.11 Å². The lowest BCUT2D eigenvalue weighted by Gasteiger charge is -2.37. The van der Waals surface area contributed by atoms with Gasteiger partial charge in [-0.15, -0.1) is 0 Å².